The molecule has 2 heterocycles. The van der Waals surface area contributed by atoms with E-state index in [1.165, 1.54) is 6.26 Å². The van der Waals surface area contributed by atoms with E-state index in [1.54, 1.807) is 6.07 Å². The van der Waals surface area contributed by atoms with Gasteiger partial charge < -0.3 is 19.4 Å². The van der Waals surface area contributed by atoms with Crippen molar-refractivity contribution in [1.29, 1.82) is 0 Å². The fourth-order valence-electron chi connectivity index (χ4n) is 3.42. The summed E-state index contributed by atoms with van der Waals surface area (Å²) in [5.41, 5.74) is 3.74. The molecule has 0 atom stereocenters. The molecule has 0 saturated carbocycles. The SMILES string of the molecule is CCc1cc2c(=O)c(-c3nc4ccccc4[nH]3)coc2c(C[NH+](C)C)c1O. The van der Waals surface area contributed by atoms with Gasteiger partial charge in [-0.05, 0) is 30.2 Å². The monoisotopic (exact) mass is 364 g/mol. The number of quaternary nitrogens is 1. The van der Waals surface area contributed by atoms with Crippen molar-refractivity contribution in [1.82, 2.24) is 9.97 Å². The topological polar surface area (TPSA) is 83.6 Å². The average Bonchev–Trinajstić information content (AvgIpc) is 3.07. The number of phenolic OH excluding ortho intramolecular Hbond substituents is 1. The zero-order valence-electron chi connectivity index (χ0n) is 15.6. The first-order valence-corrected chi connectivity index (χ1v) is 9.03. The van der Waals surface area contributed by atoms with Crippen LogP contribution in [-0.4, -0.2) is 29.2 Å². The fourth-order valence-corrected chi connectivity index (χ4v) is 3.42. The number of aromatic hydroxyl groups is 1. The molecule has 0 bridgehead atoms. The molecule has 0 saturated heterocycles. The molecule has 3 N–H and O–H groups in total. The van der Waals surface area contributed by atoms with Crippen LogP contribution in [0.4, 0.5) is 0 Å². The molecule has 6 heteroatoms. The van der Waals surface area contributed by atoms with Gasteiger partial charge in [-0.1, -0.05) is 19.1 Å². The van der Waals surface area contributed by atoms with Gasteiger partial charge in [0.25, 0.3) is 0 Å². The second-order valence-corrected chi connectivity index (χ2v) is 7.06. The molecule has 0 unspecified atom stereocenters. The number of rotatable bonds is 4. The van der Waals surface area contributed by atoms with Gasteiger partial charge in [0.1, 0.15) is 35.5 Å². The van der Waals surface area contributed by atoms with Crippen LogP contribution in [0.2, 0.25) is 0 Å². The Morgan fingerprint density at radius 2 is 2.04 bits per heavy atom. The van der Waals surface area contributed by atoms with Crippen LogP contribution >= 0.6 is 0 Å². The number of aromatic amines is 1. The van der Waals surface area contributed by atoms with E-state index in [2.05, 4.69) is 9.97 Å². The van der Waals surface area contributed by atoms with Crippen molar-refractivity contribution in [2.45, 2.75) is 19.9 Å². The van der Waals surface area contributed by atoms with Crippen molar-refractivity contribution < 1.29 is 14.4 Å². The quantitative estimate of drug-likeness (QED) is 0.519. The Morgan fingerprint density at radius 1 is 1.26 bits per heavy atom. The van der Waals surface area contributed by atoms with Crippen molar-refractivity contribution in [3.05, 3.63) is 57.9 Å². The fraction of sp³-hybridized carbons (Fsp3) is 0.238. The minimum absolute atomic E-state index is 0.153. The van der Waals surface area contributed by atoms with Gasteiger partial charge in [-0.25, -0.2) is 4.98 Å². The zero-order valence-corrected chi connectivity index (χ0v) is 15.6. The van der Waals surface area contributed by atoms with Crippen molar-refractivity contribution in [3.63, 3.8) is 0 Å². The minimum atomic E-state index is -0.153. The third kappa shape index (κ3) is 2.88. The number of H-pyrrole nitrogens is 1. The van der Waals surface area contributed by atoms with Gasteiger partial charge in [-0.2, -0.15) is 0 Å². The molecule has 0 aliphatic rings. The Balaban J connectivity index is 1.98. The number of para-hydroxylation sites is 2. The Kier molecular flexibility index (Phi) is 4.20. The third-order valence-corrected chi connectivity index (χ3v) is 4.77. The molecule has 0 amide bonds. The second-order valence-electron chi connectivity index (χ2n) is 7.06. The van der Waals surface area contributed by atoms with Crippen molar-refractivity contribution in [2.75, 3.05) is 14.1 Å². The lowest BCUT2D eigenvalue weighted by Crippen LogP contribution is -3.04. The number of fused-ring (bicyclic) bond motifs is 2. The molecule has 0 aliphatic heterocycles. The van der Waals surface area contributed by atoms with E-state index in [-0.39, 0.29) is 11.2 Å². The number of hydrogen-bond donors (Lipinski definition) is 3. The smallest absolute Gasteiger partial charge is 0.203 e. The highest BCUT2D eigenvalue weighted by Crippen LogP contribution is 2.31. The van der Waals surface area contributed by atoms with Crippen molar-refractivity contribution in [3.8, 4) is 17.1 Å². The van der Waals surface area contributed by atoms with E-state index in [0.717, 1.165) is 21.5 Å². The first kappa shape index (κ1) is 17.3. The average molecular weight is 364 g/mol. The Bertz CT molecular complexity index is 1170. The molecule has 0 aliphatic carbocycles. The normalized spacial score (nSPS) is 11.7. The van der Waals surface area contributed by atoms with Gasteiger partial charge in [0, 0.05) is 0 Å². The summed E-state index contributed by atoms with van der Waals surface area (Å²) in [6, 6.07) is 9.36. The second kappa shape index (κ2) is 6.55. The van der Waals surface area contributed by atoms with Gasteiger partial charge >= 0.3 is 0 Å². The summed E-state index contributed by atoms with van der Waals surface area (Å²) in [4.78, 5) is 22.0. The standard InChI is InChI=1S/C21H21N3O3/c1-4-12-9-13-19(26)15(21-22-16-7-5-6-8-17(16)23-21)11-27-20(13)14(18(12)25)10-24(2)3/h5-9,11,25H,4,10H2,1-3H3,(H,22,23)/p+1. The summed E-state index contributed by atoms with van der Waals surface area (Å²) in [5, 5.41) is 11.1. The minimum Gasteiger partial charge on any atom is -0.507 e. The van der Waals surface area contributed by atoms with Crippen LogP contribution in [0.15, 0.2) is 45.8 Å². The van der Waals surface area contributed by atoms with Gasteiger partial charge in [0.2, 0.25) is 5.43 Å². The van der Waals surface area contributed by atoms with Crippen molar-refractivity contribution >= 4 is 22.0 Å². The van der Waals surface area contributed by atoms with E-state index in [1.807, 2.05) is 45.3 Å². The summed E-state index contributed by atoms with van der Waals surface area (Å²) in [7, 11) is 3.98. The van der Waals surface area contributed by atoms with E-state index in [4.69, 9.17) is 4.42 Å². The number of benzene rings is 2. The maximum atomic E-state index is 13.2. The Morgan fingerprint density at radius 3 is 2.74 bits per heavy atom. The maximum absolute atomic E-state index is 13.2. The molecule has 0 spiro atoms. The molecule has 2 aromatic heterocycles. The highest BCUT2D eigenvalue weighted by Gasteiger charge is 2.20. The summed E-state index contributed by atoms with van der Waals surface area (Å²) in [6.07, 6.45) is 2.06. The highest BCUT2D eigenvalue weighted by atomic mass is 16.3. The van der Waals surface area contributed by atoms with Crippen LogP contribution in [0, 0.1) is 0 Å². The molecule has 0 radical (unpaired) electrons. The summed E-state index contributed by atoms with van der Waals surface area (Å²) < 4.78 is 5.85. The lowest BCUT2D eigenvalue weighted by atomic mass is 10.0. The number of hydrogen-bond acceptors (Lipinski definition) is 4. The molecule has 0 fully saturated rings. The zero-order chi connectivity index (χ0) is 19.1. The van der Waals surface area contributed by atoms with E-state index in [9.17, 15) is 9.90 Å². The van der Waals surface area contributed by atoms with Gasteiger partial charge in [0.05, 0.1) is 36.1 Å². The van der Waals surface area contributed by atoms with E-state index in [0.29, 0.717) is 40.9 Å². The summed E-state index contributed by atoms with van der Waals surface area (Å²) in [5.74, 6) is 0.698. The van der Waals surface area contributed by atoms with E-state index < -0.39 is 0 Å². The molecular weight excluding hydrogens is 342 g/mol. The van der Waals surface area contributed by atoms with Crippen LogP contribution < -0.4 is 10.3 Å². The summed E-state index contributed by atoms with van der Waals surface area (Å²) in [6.45, 7) is 2.51. The first-order valence-electron chi connectivity index (χ1n) is 9.03. The molecule has 6 nitrogen and oxygen atoms in total. The molecule has 27 heavy (non-hydrogen) atoms. The number of aryl methyl sites for hydroxylation is 1. The van der Waals surface area contributed by atoms with Gasteiger partial charge in [-0.15, -0.1) is 0 Å². The number of nitrogens with zero attached hydrogens (tertiary/aromatic N) is 1. The summed E-state index contributed by atoms with van der Waals surface area (Å²) >= 11 is 0. The molecule has 4 aromatic rings. The number of imidazole rings is 1. The highest BCUT2D eigenvalue weighted by molar-refractivity contribution is 5.87. The lowest BCUT2D eigenvalue weighted by molar-refractivity contribution is -0.872. The number of phenols is 1. The predicted molar refractivity (Wildman–Crippen MR) is 105 cm³/mol. The molecule has 4 rings (SSSR count). The van der Waals surface area contributed by atoms with E-state index >= 15 is 0 Å². The molecule has 2 aromatic carbocycles. The van der Waals surface area contributed by atoms with Crippen LogP contribution in [0.25, 0.3) is 33.4 Å². The molecule has 138 valence electrons. The Labute approximate surface area is 156 Å². The lowest BCUT2D eigenvalue weighted by Gasteiger charge is -2.14. The van der Waals surface area contributed by atoms with Crippen molar-refractivity contribution in [2.24, 2.45) is 0 Å². The maximum Gasteiger partial charge on any atom is 0.203 e. The van der Waals surface area contributed by atoms with Gasteiger partial charge in [0.15, 0.2) is 0 Å². The number of aromatic nitrogens is 2. The third-order valence-electron chi connectivity index (χ3n) is 4.77. The predicted octanol–water partition coefficient (Wildman–Crippen LogP) is 2.25. The largest absolute Gasteiger partial charge is 0.507 e. The Hall–Kier alpha value is -3.12. The molecular formula is C21H22N3O3+. The first-order chi connectivity index (χ1) is 13.0. The van der Waals surface area contributed by atoms with Crippen LogP contribution in [0.3, 0.4) is 0 Å². The number of nitrogens with one attached hydrogen (secondary N) is 2. The van der Waals surface area contributed by atoms with Gasteiger partial charge in [-0.3, -0.25) is 4.79 Å². The van der Waals surface area contributed by atoms with Crippen LogP contribution in [0.5, 0.6) is 5.75 Å². The van der Waals surface area contributed by atoms with Crippen LogP contribution in [-0.2, 0) is 13.0 Å². The van der Waals surface area contributed by atoms with Crippen LogP contribution in [0.1, 0.15) is 18.1 Å².